The largest absolute Gasteiger partial charge is 0.421 e. The Balaban J connectivity index is 1.57. The number of aromatic nitrogens is 3. The van der Waals surface area contributed by atoms with Gasteiger partial charge in [0.15, 0.2) is 0 Å². The normalized spacial score (nSPS) is 23.5. The first-order valence-corrected chi connectivity index (χ1v) is 8.46. The molecule has 3 heterocycles. The first kappa shape index (κ1) is 16.5. The summed E-state index contributed by atoms with van der Waals surface area (Å²) in [6, 6.07) is 4.29. The molecule has 2 atom stereocenters. The predicted molar refractivity (Wildman–Crippen MR) is 90.3 cm³/mol. The van der Waals surface area contributed by atoms with Crippen LogP contribution in [0.3, 0.4) is 0 Å². The molecule has 2 aromatic rings. The average Bonchev–Trinajstić information content (AvgIpc) is 3.24. The third-order valence-corrected chi connectivity index (χ3v) is 4.81. The number of hydrogen-bond acceptors (Lipinski definition) is 6. The summed E-state index contributed by atoms with van der Waals surface area (Å²) in [6.45, 7) is 2.82. The van der Waals surface area contributed by atoms with Crippen LogP contribution in [-0.2, 0) is 9.53 Å². The van der Waals surface area contributed by atoms with E-state index in [0.717, 1.165) is 0 Å². The quantitative estimate of drug-likeness (QED) is 0.835. The summed E-state index contributed by atoms with van der Waals surface area (Å²) in [7, 11) is 0. The number of rotatable bonds is 3. The highest BCUT2D eigenvalue weighted by Crippen LogP contribution is 2.34. The van der Waals surface area contributed by atoms with Crippen molar-refractivity contribution in [3.63, 3.8) is 0 Å². The summed E-state index contributed by atoms with van der Waals surface area (Å²) in [6.07, 6.45) is 2.78. The first-order chi connectivity index (χ1) is 12.5. The van der Waals surface area contributed by atoms with E-state index in [1.807, 2.05) is 4.90 Å². The van der Waals surface area contributed by atoms with E-state index in [1.54, 1.807) is 25.3 Å². The van der Waals surface area contributed by atoms with Crippen molar-refractivity contribution in [3.8, 4) is 0 Å². The Kier molecular flexibility index (Phi) is 4.06. The monoisotopic (exact) mass is 359 g/mol. The number of carbonyl (C=O) groups excluding carboxylic acids is 2. The number of benzene rings is 1. The maximum absolute atomic E-state index is 14.7. The molecular weight excluding hydrogens is 341 g/mol. The highest BCUT2D eigenvalue weighted by molar-refractivity contribution is 5.90. The van der Waals surface area contributed by atoms with Gasteiger partial charge in [-0.3, -0.25) is 9.69 Å². The van der Waals surface area contributed by atoms with E-state index in [-0.39, 0.29) is 11.8 Å². The summed E-state index contributed by atoms with van der Waals surface area (Å²) in [5.74, 6) is -0.230. The lowest BCUT2D eigenvalue weighted by atomic mass is 10.1. The van der Waals surface area contributed by atoms with Gasteiger partial charge < -0.3 is 9.64 Å². The lowest BCUT2D eigenvalue weighted by molar-refractivity contribution is -0.119. The number of cyclic esters (lactones) is 1. The van der Waals surface area contributed by atoms with E-state index in [9.17, 15) is 14.0 Å². The summed E-state index contributed by atoms with van der Waals surface area (Å²) in [5.41, 5.74) is 0.855. The van der Waals surface area contributed by atoms with Crippen LogP contribution in [0.1, 0.15) is 26.0 Å². The van der Waals surface area contributed by atoms with Gasteiger partial charge in [0.2, 0.25) is 6.23 Å². The highest BCUT2D eigenvalue weighted by atomic mass is 19.1. The highest BCUT2D eigenvalue weighted by Gasteiger charge is 2.41. The van der Waals surface area contributed by atoms with Crippen molar-refractivity contribution in [1.29, 1.82) is 0 Å². The molecular formula is C17H18FN5O3. The molecule has 1 aromatic carbocycles. The van der Waals surface area contributed by atoms with E-state index in [0.29, 0.717) is 37.3 Å². The third-order valence-electron chi connectivity index (χ3n) is 4.81. The van der Waals surface area contributed by atoms with Crippen LogP contribution in [0.5, 0.6) is 0 Å². The van der Waals surface area contributed by atoms with Crippen LogP contribution in [0.2, 0.25) is 0 Å². The van der Waals surface area contributed by atoms with E-state index in [2.05, 4.69) is 10.3 Å². The third kappa shape index (κ3) is 2.79. The molecule has 2 aliphatic rings. The number of nitrogens with zero attached hydrogens (tertiary/aromatic N) is 5. The Hall–Kier alpha value is -2.97. The summed E-state index contributed by atoms with van der Waals surface area (Å²) >= 11 is 0. The molecule has 9 heteroatoms. The summed E-state index contributed by atoms with van der Waals surface area (Å²) in [4.78, 5) is 26.9. The molecule has 0 bridgehead atoms. The van der Waals surface area contributed by atoms with Crippen LogP contribution in [0, 0.1) is 5.82 Å². The van der Waals surface area contributed by atoms with Gasteiger partial charge in [0.05, 0.1) is 23.6 Å². The SMILES string of the molecule is CC1[C@H](n2ccnn2)OC(=O)N1c1ccc(N2CCC(=O)CC2)c(F)c1. The number of hydrogen-bond donors (Lipinski definition) is 0. The Bertz CT molecular complexity index is 831. The fraction of sp³-hybridized carbons (Fsp3) is 0.412. The van der Waals surface area contributed by atoms with Crippen LogP contribution in [-0.4, -0.2) is 46.0 Å². The standard InChI is InChI=1S/C17H18FN5O3/c1-11-16(22-9-6-19-20-22)26-17(25)23(11)12-2-3-15(14(18)10-12)21-7-4-13(24)5-8-21/h2-3,6,9-11,16H,4-5,7-8H2,1H3/t11?,16-/m1/s1. The fourth-order valence-electron chi connectivity index (χ4n) is 3.42. The van der Waals surface area contributed by atoms with Gasteiger partial charge in [-0.25, -0.2) is 13.9 Å². The minimum absolute atomic E-state index is 0.200. The number of anilines is 2. The molecule has 1 unspecified atom stereocenters. The van der Waals surface area contributed by atoms with Crippen molar-refractivity contribution in [1.82, 2.24) is 15.0 Å². The Morgan fingerprint density at radius 2 is 2.00 bits per heavy atom. The molecule has 0 N–H and O–H groups in total. The van der Waals surface area contributed by atoms with E-state index in [4.69, 9.17) is 4.74 Å². The zero-order valence-electron chi connectivity index (χ0n) is 14.2. The molecule has 8 nitrogen and oxygen atoms in total. The van der Waals surface area contributed by atoms with Crippen molar-refractivity contribution in [3.05, 3.63) is 36.4 Å². The van der Waals surface area contributed by atoms with Gasteiger partial charge >= 0.3 is 6.09 Å². The first-order valence-electron chi connectivity index (χ1n) is 8.46. The van der Waals surface area contributed by atoms with E-state index < -0.39 is 18.1 Å². The number of halogens is 1. The second-order valence-electron chi connectivity index (χ2n) is 6.43. The van der Waals surface area contributed by atoms with Gasteiger partial charge in [0.1, 0.15) is 11.6 Å². The Morgan fingerprint density at radius 1 is 1.23 bits per heavy atom. The van der Waals surface area contributed by atoms with Crippen molar-refractivity contribution < 1.29 is 18.7 Å². The van der Waals surface area contributed by atoms with Crippen molar-refractivity contribution in [2.24, 2.45) is 0 Å². The minimum Gasteiger partial charge on any atom is -0.421 e. The van der Waals surface area contributed by atoms with Gasteiger partial charge in [-0.1, -0.05) is 5.21 Å². The van der Waals surface area contributed by atoms with Gasteiger partial charge in [-0.05, 0) is 25.1 Å². The van der Waals surface area contributed by atoms with Gasteiger partial charge in [-0.2, -0.15) is 0 Å². The van der Waals surface area contributed by atoms with Crippen molar-refractivity contribution >= 4 is 23.3 Å². The van der Waals surface area contributed by atoms with Crippen LogP contribution < -0.4 is 9.80 Å². The topological polar surface area (TPSA) is 80.6 Å². The van der Waals surface area contributed by atoms with Gasteiger partial charge in [-0.15, -0.1) is 5.10 Å². The molecule has 2 fully saturated rings. The second kappa shape index (κ2) is 6.40. The van der Waals surface area contributed by atoms with Crippen molar-refractivity contribution in [2.45, 2.75) is 32.0 Å². The molecule has 136 valence electrons. The number of amides is 1. The molecule has 0 radical (unpaired) electrons. The minimum atomic E-state index is -0.624. The van der Waals surface area contributed by atoms with Crippen LogP contribution in [0.4, 0.5) is 20.6 Å². The maximum atomic E-state index is 14.7. The number of carbonyl (C=O) groups is 2. The molecule has 2 aliphatic heterocycles. The number of ketones is 1. The summed E-state index contributed by atoms with van der Waals surface area (Å²) < 4.78 is 21.5. The predicted octanol–water partition coefficient (Wildman–Crippen LogP) is 2.13. The molecule has 1 aromatic heterocycles. The number of piperidine rings is 1. The molecule has 0 aliphatic carbocycles. The maximum Gasteiger partial charge on any atom is 0.416 e. The van der Waals surface area contributed by atoms with Crippen LogP contribution in [0.15, 0.2) is 30.6 Å². The van der Waals surface area contributed by atoms with Gasteiger partial charge in [0, 0.05) is 32.1 Å². The van der Waals surface area contributed by atoms with E-state index in [1.165, 1.54) is 21.8 Å². The fourth-order valence-corrected chi connectivity index (χ4v) is 3.42. The number of ether oxygens (including phenoxy) is 1. The van der Waals surface area contributed by atoms with Crippen LogP contribution >= 0.6 is 0 Å². The van der Waals surface area contributed by atoms with E-state index >= 15 is 0 Å². The van der Waals surface area contributed by atoms with Gasteiger partial charge in [0.25, 0.3) is 0 Å². The average molecular weight is 359 g/mol. The zero-order chi connectivity index (χ0) is 18.3. The Morgan fingerprint density at radius 3 is 2.65 bits per heavy atom. The summed E-state index contributed by atoms with van der Waals surface area (Å²) in [5, 5.41) is 7.59. The second-order valence-corrected chi connectivity index (χ2v) is 6.43. The molecule has 0 saturated carbocycles. The van der Waals surface area contributed by atoms with Crippen LogP contribution in [0.25, 0.3) is 0 Å². The lowest BCUT2D eigenvalue weighted by Crippen LogP contribution is -2.35. The molecule has 0 spiro atoms. The molecule has 4 rings (SSSR count). The zero-order valence-corrected chi connectivity index (χ0v) is 14.2. The smallest absolute Gasteiger partial charge is 0.416 e. The molecule has 2 saturated heterocycles. The molecule has 1 amide bonds. The van der Waals surface area contributed by atoms with Crippen molar-refractivity contribution in [2.75, 3.05) is 22.9 Å². The molecule has 26 heavy (non-hydrogen) atoms. The Labute approximate surface area is 149 Å². The lowest BCUT2D eigenvalue weighted by Gasteiger charge is -2.29. The number of Topliss-reactive ketones (excluding diaryl/α,β-unsaturated/α-hetero) is 1.